The number of piperidine rings is 1. The molecule has 11 nitrogen and oxygen atoms in total. The van der Waals surface area contributed by atoms with Crippen LogP contribution in [0.25, 0.3) is 27.7 Å². The summed E-state index contributed by atoms with van der Waals surface area (Å²) in [4.78, 5) is 29.0. The summed E-state index contributed by atoms with van der Waals surface area (Å²) in [6.07, 6.45) is 9.41. The first-order valence-electron chi connectivity index (χ1n) is 16.4. The van der Waals surface area contributed by atoms with E-state index in [0.717, 1.165) is 77.0 Å². The van der Waals surface area contributed by atoms with E-state index in [1.54, 1.807) is 10.6 Å². The van der Waals surface area contributed by atoms with Crippen molar-refractivity contribution in [3.63, 3.8) is 0 Å². The first-order valence-corrected chi connectivity index (χ1v) is 16.4. The zero-order valence-electron chi connectivity index (χ0n) is 27.6. The number of pyridine rings is 1. The second-order valence-corrected chi connectivity index (χ2v) is 12.7. The molecule has 1 fully saturated rings. The molecule has 5 aromatic rings. The lowest BCUT2D eigenvalue weighted by Gasteiger charge is -2.22. The molecule has 1 amide bonds. The lowest BCUT2D eigenvalue weighted by molar-refractivity contribution is -0.111. The van der Waals surface area contributed by atoms with Crippen LogP contribution in [-0.4, -0.2) is 75.6 Å². The molecule has 6 rings (SSSR count). The van der Waals surface area contributed by atoms with Crippen LogP contribution in [0.1, 0.15) is 43.7 Å². The molecule has 1 aliphatic heterocycles. The van der Waals surface area contributed by atoms with E-state index in [1.807, 2.05) is 73.9 Å². The van der Waals surface area contributed by atoms with Crippen molar-refractivity contribution in [3.8, 4) is 11.3 Å². The Morgan fingerprint density at radius 1 is 1.09 bits per heavy atom. The van der Waals surface area contributed by atoms with E-state index in [0.29, 0.717) is 30.9 Å². The minimum absolute atomic E-state index is 0.155. The number of anilines is 3. The number of nitrogens with zero attached hydrogens (tertiary/aromatic N) is 6. The van der Waals surface area contributed by atoms with Gasteiger partial charge in [0.15, 0.2) is 5.65 Å². The van der Waals surface area contributed by atoms with E-state index in [9.17, 15) is 4.79 Å². The number of carbonyl (C=O) groups excluding carboxylic acids is 1. The third kappa shape index (κ3) is 7.75. The Balaban J connectivity index is 1.25. The van der Waals surface area contributed by atoms with Crippen molar-refractivity contribution in [2.24, 2.45) is 5.92 Å². The Morgan fingerprint density at radius 3 is 2.72 bits per heavy atom. The molecule has 3 aromatic heterocycles. The molecule has 0 aliphatic carbocycles. The summed E-state index contributed by atoms with van der Waals surface area (Å²) in [5.74, 6) is 1.97. The molecule has 244 valence electrons. The number of likely N-dealkylation sites (N-methyl/N-ethyl adjacent to an activating group) is 1. The summed E-state index contributed by atoms with van der Waals surface area (Å²) in [6, 6.07) is 16.2. The van der Waals surface area contributed by atoms with Crippen molar-refractivity contribution in [1.29, 1.82) is 0 Å². The van der Waals surface area contributed by atoms with Gasteiger partial charge in [-0.25, -0.2) is 0 Å². The van der Waals surface area contributed by atoms with Crippen LogP contribution in [0.15, 0.2) is 73.1 Å². The van der Waals surface area contributed by atoms with Gasteiger partial charge in [0.1, 0.15) is 0 Å². The third-order valence-corrected chi connectivity index (χ3v) is 8.51. The maximum atomic E-state index is 12.4. The molecule has 47 heavy (non-hydrogen) atoms. The first-order chi connectivity index (χ1) is 22.9. The Kier molecular flexibility index (Phi) is 10.0. The van der Waals surface area contributed by atoms with E-state index in [1.165, 1.54) is 0 Å². The number of hydrogen-bond donors (Lipinski definition) is 4. The molecule has 11 heteroatoms. The van der Waals surface area contributed by atoms with Gasteiger partial charge in [-0.3, -0.25) is 9.78 Å². The molecule has 0 atom stereocenters. The van der Waals surface area contributed by atoms with Gasteiger partial charge in [0.25, 0.3) is 0 Å². The van der Waals surface area contributed by atoms with Crippen LogP contribution in [0.5, 0.6) is 0 Å². The summed E-state index contributed by atoms with van der Waals surface area (Å²) in [6.45, 7) is 8.47. The van der Waals surface area contributed by atoms with Gasteiger partial charge in [0, 0.05) is 54.1 Å². The molecule has 1 saturated heterocycles. The van der Waals surface area contributed by atoms with Crippen LogP contribution in [0.4, 0.5) is 17.6 Å². The molecular weight excluding hydrogens is 588 g/mol. The van der Waals surface area contributed by atoms with Crippen LogP contribution < -0.4 is 21.3 Å². The lowest BCUT2D eigenvalue weighted by Crippen LogP contribution is -2.31. The lowest BCUT2D eigenvalue weighted by atomic mass is 9.98. The number of rotatable bonds is 12. The van der Waals surface area contributed by atoms with Gasteiger partial charge in [-0.15, -0.1) is 0 Å². The topological polar surface area (TPSA) is 124 Å². The second kappa shape index (κ2) is 14.7. The van der Waals surface area contributed by atoms with Gasteiger partial charge >= 0.3 is 0 Å². The van der Waals surface area contributed by atoms with Crippen LogP contribution in [0.3, 0.4) is 0 Å². The van der Waals surface area contributed by atoms with Crippen molar-refractivity contribution in [2.75, 3.05) is 56.2 Å². The monoisotopic (exact) mass is 632 g/mol. The third-order valence-electron chi connectivity index (χ3n) is 8.51. The average molecular weight is 633 g/mol. The first kappa shape index (κ1) is 32.1. The van der Waals surface area contributed by atoms with Gasteiger partial charge in [0.2, 0.25) is 17.8 Å². The fourth-order valence-electron chi connectivity index (χ4n) is 5.92. The van der Waals surface area contributed by atoms with Crippen molar-refractivity contribution >= 4 is 39.9 Å². The van der Waals surface area contributed by atoms with Crippen LogP contribution in [-0.2, 0) is 11.3 Å². The Bertz CT molecular complexity index is 1870. The fourth-order valence-corrected chi connectivity index (χ4v) is 5.92. The summed E-state index contributed by atoms with van der Waals surface area (Å²) < 4.78 is 1.80. The number of amides is 1. The smallest absolute Gasteiger partial charge is 0.248 e. The average Bonchev–Trinajstić information content (AvgIpc) is 3.51. The van der Waals surface area contributed by atoms with E-state index < -0.39 is 0 Å². The maximum absolute atomic E-state index is 12.4. The van der Waals surface area contributed by atoms with Gasteiger partial charge in [-0.05, 0) is 81.0 Å². The molecule has 0 spiro atoms. The normalized spacial score (nSPS) is 14.1. The number of carbonyl (C=O) groups is 1. The molecule has 4 N–H and O–H groups in total. The Morgan fingerprint density at radius 2 is 1.91 bits per heavy atom. The highest BCUT2D eigenvalue weighted by atomic mass is 16.1. The largest absolute Gasteiger partial charge is 0.354 e. The van der Waals surface area contributed by atoms with Gasteiger partial charge in [-0.2, -0.15) is 19.6 Å². The summed E-state index contributed by atoms with van der Waals surface area (Å²) >= 11 is 0. The van der Waals surface area contributed by atoms with E-state index >= 15 is 0 Å². The van der Waals surface area contributed by atoms with Crippen LogP contribution >= 0.6 is 0 Å². The van der Waals surface area contributed by atoms with Gasteiger partial charge in [-0.1, -0.05) is 50.3 Å². The SMILES string of the molecule is CC(C)c1cnn2c(NCc3ccccc3-c3nccc4cc(NC(=O)/C=C/CN(C)C)ccc34)nc(NCC3CCNCC3)nc12. The van der Waals surface area contributed by atoms with Crippen molar-refractivity contribution in [2.45, 2.75) is 39.2 Å². The molecular formula is C36H44N10O. The summed E-state index contributed by atoms with van der Waals surface area (Å²) in [5, 5.41) is 20.1. The molecule has 2 aromatic carbocycles. The number of nitrogens with one attached hydrogen (secondary N) is 4. The predicted octanol–water partition coefficient (Wildman–Crippen LogP) is 5.54. The molecule has 1 aliphatic rings. The number of aromatic nitrogens is 5. The summed E-state index contributed by atoms with van der Waals surface area (Å²) in [5.41, 5.74) is 5.60. The number of fused-ring (bicyclic) bond motifs is 2. The standard InChI is InChI=1S/C36H44N10O/c1-24(2)31-23-41-46-34(31)43-35(39-21-25-13-16-37-17-14-25)44-36(46)40-22-27-8-5-6-9-29(27)33-30-12-11-28(20-26(30)15-18-38-33)42-32(47)10-7-19-45(3)4/h5-12,15,18,20,23-25,37H,13-14,16-17,19,21-22H2,1-4H3,(H,42,47)(H2,39,40,43,44)/b10-7+. The molecule has 0 saturated carbocycles. The van der Waals surface area contributed by atoms with E-state index in [2.05, 4.69) is 52.3 Å². The minimum atomic E-state index is -0.155. The molecule has 4 heterocycles. The highest BCUT2D eigenvalue weighted by molar-refractivity contribution is 6.02. The van der Waals surface area contributed by atoms with E-state index in [-0.39, 0.29) is 11.8 Å². The molecule has 0 radical (unpaired) electrons. The highest BCUT2D eigenvalue weighted by Crippen LogP contribution is 2.31. The zero-order chi connectivity index (χ0) is 32.8. The number of hydrogen-bond acceptors (Lipinski definition) is 9. The zero-order valence-corrected chi connectivity index (χ0v) is 27.6. The molecule has 0 bridgehead atoms. The second-order valence-electron chi connectivity index (χ2n) is 12.7. The van der Waals surface area contributed by atoms with Crippen molar-refractivity contribution in [3.05, 3.63) is 84.2 Å². The maximum Gasteiger partial charge on any atom is 0.248 e. The highest BCUT2D eigenvalue weighted by Gasteiger charge is 2.18. The summed E-state index contributed by atoms with van der Waals surface area (Å²) in [7, 11) is 3.93. The van der Waals surface area contributed by atoms with Gasteiger partial charge in [0.05, 0.1) is 11.9 Å². The fraction of sp³-hybridized carbons (Fsp3) is 0.361. The van der Waals surface area contributed by atoms with Crippen LogP contribution in [0, 0.1) is 5.92 Å². The quantitative estimate of drug-likeness (QED) is 0.131. The molecule has 0 unspecified atom stereocenters. The van der Waals surface area contributed by atoms with Crippen molar-refractivity contribution in [1.82, 2.24) is 34.8 Å². The van der Waals surface area contributed by atoms with Crippen molar-refractivity contribution < 1.29 is 4.79 Å². The predicted molar refractivity (Wildman–Crippen MR) is 190 cm³/mol. The van der Waals surface area contributed by atoms with Crippen LogP contribution in [0.2, 0.25) is 0 Å². The Labute approximate surface area is 275 Å². The number of benzene rings is 2. The van der Waals surface area contributed by atoms with Gasteiger partial charge < -0.3 is 26.2 Å². The van der Waals surface area contributed by atoms with E-state index in [4.69, 9.17) is 15.0 Å². The minimum Gasteiger partial charge on any atom is -0.354 e. The Hall–Kier alpha value is -4.87.